The molecule has 0 aromatic heterocycles. The molecule has 0 spiro atoms. The molecule has 1 unspecified atom stereocenters. The van der Waals surface area contributed by atoms with Crippen molar-refractivity contribution in [2.45, 2.75) is 57.9 Å². The molecule has 0 heterocycles. The van der Waals surface area contributed by atoms with Crippen LogP contribution in [0.15, 0.2) is 43.0 Å². The predicted molar refractivity (Wildman–Crippen MR) is 104 cm³/mol. The number of fused-ring (bicyclic) bond motifs is 1. The first-order chi connectivity index (χ1) is 12.5. The van der Waals surface area contributed by atoms with E-state index in [1.807, 2.05) is 57.2 Å². The minimum atomic E-state index is -4.76. The van der Waals surface area contributed by atoms with E-state index in [4.69, 9.17) is 4.74 Å². The van der Waals surface area contributed by atoms with Gasteiger partial charge in [-0.1, -0.05) is 62.4 Å². The van der Waals surface area contributed by atoms with E-state index in [9.17, 15) is 18.3 Å². The van der Waals surface area contributed by atoms with Crippen LogP contribution in [0, 0.1) is 0 Å². The zero-order chi connectivity index (χ0) is 20.5. The van der Waals surface area contributed by atoms with Gasteiger partial charge < -0.3 is 9.84 Å². The van der Waals surface area contributed by atoms with Gasteiger partial charge in [-0.15, -0.1) is 0 Å². The molecule has 0 fully saturated rings. The molecule has 27 heavy (non-hydrogen) atoms. The minimum absolute atomic E-state index is 0.480. The number of alkyl halides is 3. The summed E-state index contributed by atoms with van der Waals surface area (Å²) in [6.45, 7) is 9.62. The van der Waals surface area contributed by atoms with Gasteiger partial charge in [0.25, 0.3) is 0 Å². The van der Waals surface area contributed by atoms with Crippen molar-refractivity contribution in [1.29, 1.82) is 0 Å². The molecule has 0 saturated heterocycles. The van der Waals surface area contributed by atoms with E-state index >= 15 is 0 Å². The van der Waals surface area contributed by atoms with Crippen molar-refractivity contribution in [3.8, 4) is 0 Å². The monoisotopic (exact) mass is 380 g/mol. The highest BCUT2D eigenvalue weighted by atomic mass is 19.4. The molecule has 2 rings (SSSR count). The minimum Gasteiger partial charge on any atom is -0.379 e. The highest BCUT2D eigenvalue weighted by Crippen LogP contribution is 2.41. The van der Waals surface area contributed by atoms with Crippen LogP contribution in [0.3, 0.4) is 0 Å². The summed E-state index contributed by atoms with van der Waals surface area (Å²) in [5.41, 5.74) is -1.10. The van der Waals surface area contributed by atoms with Crippen molar-refractivity contribution >= 4 is 16.3 Å². The van der Waals surface area contributed by atoms with Crippen LogP contribution < -0.4 is 0 Å². The number of allylic oxidation sites excluding steroid dienone is 1. The predicted octanol–water partition coefficient (Wildman–Crippen LogP) is 6.22. The van der Waals surface area contributed by atoms with Crippen molar-refractivity contribution in [2.75, 3.05) is 6.61 Å². The first kappa shape index (κ1) is 21.5. The fourth-order valence-corrected chi connectivity index (χ4v) is 3.34. The highest BCUT2D eigenvalue weighted by molar-refractivity contribution is 5.95. The summed E-state index contributed by atoms with van der Waals surface area (Å²) >= 11 is 0. The van der Waals surface area contributed by atoms with E-state index in [0.717, 1.165) is 34.4 Å². The van der Waals surface area contributed by atoms with Gasteiger partial charge in [-0.2, -0.15) is 13.2 Å². The molecule has 0 radical (unpaired) electrons. The summed E-state index contributed by atoms with van der Waals surface area (Å²) in [7, 11) is 0. The van der Waals surface area contributed by atoms with E-state index in [2.05, 4.69) is 6.58 Å². The molecule has 0 amide bonds. The number of halogens is 3. The lowest BCUT2D eigenvalue weighted by Crippen LogP contribution is -2.48. The second-order valence-corrected chi connectivity index (χ2v) is 7.25. The molecule has 0 aliphatic rings. The molecule has 0 saturated carbocycles. The SMILES string of the molecule is C=C(C)c1ccc(C(CC)(CC)OCC(C)(O)C(F)(F)F)c2ccccc12. The molecule has 2 aromatic rings. The molecule has 0 bridgehead atoms. The van der Waals surface area contributed by atoms with E-state index < -0.39 is 24.0 Å². The Morgan fingerprint density at radius 2 is 1.59 bits per heavy atom. The molecule has 148 valence electrons. The van der Waals surface area contributed by atoms with Gasteiger partial charge in [0.05, 0.1) is 12.2 Å². The Hall–Kier alpha value is -1.85. The molecule has 1 atom stereocenters. The van der Waals surface area contributed by atoms with Crippen LogP contribution in [0.5, 0.6) is 0 Å². The molecule has 2 nitrogen and oxygen atoms in total. The van der Waals surface area contributed by atoms with Crippen molar-refractivity contribution in [3.05, 3.63) is 54.1 Å². The van der Waals surface area contributed by atoms with E-state index in [0.29, 0.717) is 12.8 Å². The Morgan fingerprint density at radius 1 is 1.04 bits per heavy atom. The number of aliphatic hydroxyl groups is 1. The Bertz CT molecular complexity index is 818. The smallest absolute Gasteiger partial charge is 0.379 e. The Kier molecular flexibility index (Phi) is 6.07. The van der Waals surface area contributed by atoms with E-state index in [1.165, 1.54) is 0 Å². The Balaban J connectivity index is 2.57. The van der Waals surface area contributed by atoms with Gasteiger partial charge >= 0.3 is 6.18 Å². The number of ether oxygens (including phenoxy) is 1. The molecular formula is C22H27F3O2. The van der Waals surface area contributed by atoms with Gasteiger partial charge in [-0.25, -0.2) is 0 Å². The summed E-state index contributed by atoms with van der Waals surface area (Å²) in [5, 5.41) is 11.7. The third-order valence-corrected chi connectivity index (χ3v) is 5.26. The van der Waals surface area contributed by atoms with Crippen LogP contribution in [0.4, 0.5) is 13.2 Å². The summed E-state index contributed by atoms with van der Waals surface area (Å²) in [4.78, 5) is 0. The summed E-state index contributed by atoms with van der Waals surface area (Å²) in [5.74, 6) is 0. The van der Waals surface area contributed by atoms with Crippen molar-refractivity contribution in [1.82, 2.24) is 0 Å². The van der Waals surface area contributed by atoms with Crippen LogP contribution >= 0.6 is 0 Å². The second-order valence-electron chi connectivity index (χ2n) is 7.25. The maximum atomic E-state index is 13.1. The topological polar surface area (TPSA) is 29.5 Å². The highest BCUT2D eigenvalue weighted by Gasteiger charge is 2.51. The van der Waals surface area contributed by atoms with Gasteiger partial charge in [-0.05, 0) is 48.6 Å². The summed E-state index contributed by atoms with van der Waals surface area (Å²) in [6, 6.07) is 11.6. The van der Waals surface area contributed by atoms with Crippen LogP contribution in [-0.4, -0.2) is 23.5 Å². The largest absolute Gasteiger partial charge is 0.419 e. The normalized spacial score (nSPS) is 15.0. The van der Waals surface area contributed by atoms with Gasteiger partial charge in [-0.3, -0.25) is 0 Å². The summed E-state index contributed by atoms with van der Waals surface area (Å²) < 4.78 is 45.0. The zero-order valence-corrected chi connectivity index (χ0v) is 16.3. The third-order valence-electron chi connectivity index (χ3n) is 5.26. The maximum Gasteiger partial charge on any atom is 0.419 e. The van der Waals surface area contributed by atoms with Crippen molar-refractivity contribution in [3.63, 3.8) is 0 Å². The average Bonchev–Trinajstić information content (AvgIpc) is 2.61. The van der Waals surface area contributed by atoms with Gasteiger partial charge in [0.15, 0.2) is 5.60 Å². The lowest BCUT2D eigenvalue weighted by Gasteiger charge is -2.37. The zero-order valence-electron chi connectivity index (χ0n) is 16.3. The fourth-order valence-electron chi connectivity index (χ4n) is 3.34. The van der Waals surface area contributed by atoms with Crippen molar-refractivity contribution in [2.24, 2.45) is 0 Å². The fraction of sp³-hybridized carbons (Fsp3) is 0.455. The molecule has 0 aliphatic carbocycles. The number of rotatable bonds is 7. The standard InChI is InChI=1S/C22H27F3O2/c1-6-21(7-2,27-14-20(5,26)22(23,24)25)19-13-12-16(15(3)4)17-10-8-9-11-18(17)19/h8-13,26H,3,6-7,14H2,1-2,4-5H3. The van der Waals surface area contributed by atoms with E-state index in [-0.39, 0.29) is 0 Å². The van der Waals surface area contributed by atoms with Crippen LogP contribution in [0.25, 0.3) is 16.3 Å². The lowest BCUT2D eigenvalue weighted by atomic mass is 9.83. The van der Waals surface area contributed by atoms with Crippen LogP contribution in [0.2, 0.25) is 0 Å². The third kappa shape index (κ3) is 4.04. The number of benzene rings is 2. The lowest BCUT2D eigenvalue weighted by molar-refractivity contribution is -0.278. The van der Waals surface area contributed by atoms with Crippen LogP contribution in [0.1, 0.15) is 51.7 Å². The quantitative estimate of drug-likeness (QED) is 0.618. The van der Waals surface area contributed by atoms with Gasteiger partial charge in [0.1, 0.15) is 0 Å². The van der Waals surface area contributed by atoms with E-state index in [1.54, 1.807) is 0 Å². The van der Waals surface area contributed by atoms with Gasteiger partial charge in [0, 0.05) is 0 Å². The Morgan fingerprint density at radius 3 is 2.07 bits per heavy atom. The first-order valence-corrected chi connectivity index (χ1v) is 9.10. The number of hydrogen-bond donors (Lipinski definition) is 1. The maximum absolute atomic E-state index is 13.1. The second kappa shape index (κ2) is 7.64. The number of hydrogen-bond acceptors (Lipinski definition) is 2. The van der Waals surface area contributed by atoms with Crippen molar-refractivity contribution < 1.29 is 23.0 Å². The molecule has 2 aromatic carbocycles. The first-order valence-electron chi connectivity index (χ1n) is 9.10. The molecule has 1 N–H and O–H groups in total. The molecule has 5 heteroatoms. The Labute approximate surface area is 158 Å². The molecular weight excluding hydrogens is 353 g/mol. The van der Waals surface area contributed by atoms with Gasteiger partial charge in [0.2, 0.25) is 0 Å². The average molecular weight is 380 g/mol. The molecule has 0 aliphatic heterocycles. The van der Waals surface area contributed by atoms with Crippen LogP contribution in [-0.2, 0) is 10.3 Å². The summed E-state index contributed by atoms with van der Waals surface area (Å²) in [6.07, 6.45) is -3.80.